The number of fused-ring (bicyclic) bond motifs is 1. The summed E-state index contributed by atoms with van der Waals surface area (Å²) in [6.07, 6.45) is 0. The molecule has 0 saturated heterocycles. The molecule has 1 N–H and O–H groups in total. The number of amides is 1. The van der Waals surface area contributed by atoms with E-state index in [4.69, 9.17) is 4.74 Å². The highest BCUT2D eigenvalue weighted by atomic mass is 35.5. The van der Waals surface area contributed by atoms with Gasteiger partial charge in [-0.3, -0.25) is 4.79 Å². The molecule has 0 aliphatic carbocycles. The molecule has 1 aliphatic rings. The molecule has 78 valence electrons. The monoisotopic (exact) mass is 235 g/mol. The third-order valence-electron chi connectivity index (χ3n) is 1.78. The van der Waals surface area contributed by atoms with Crippen molar-refractivity contribution in [3.05, 3.63) is 29.8 Å². The second kappa shape index (κ2) is 5.73. The lowest BCUT2D eigenvalue weighted by molar-refractivity contribution is 0.0957. The van der Waals surface area contributed by atoms with E-state index in [1.165, 1.54) is 0 Å². The lowest BCUT2D eigenvalue weighted by atomic mass is 10.2. The molecule has 14 heavy (non-hydrogen) atoms. The van der Waals surface area contributed by atoms with Crippen LogP contribution in [-0.2, 0) is 0 Å². The van der Waals surface area contributed by atoms with Gasteiger partial charge in [-0.25, -0.2) is 0 Å². The smallest absolute Gasteiger partial charge is 0.255 e. The summed E-state index contributed by atoms with van der Waals surface area (Å²) in [6.45, 7) is 1.12. The van der Waals surface area contributed by atoms with Crippen LogP contribution in [0.5, 0.6) is 5.75 Å². The molecule has 1 heterocycles. The number of benzene rings is 1. The Bertz CT molecular complexity index is 317. The van der Waals surface area contributed by atoms with Crippen LogP contribution in [0.3, 0.4) is 0 Å². The number of hydrogen-bond donors (Lipinski definition) is 1. The van der Waals surface area contributed by atoms with Gasteiger partial charge in [0.05, 0.1) is 12.1 Å². The summed E-state index contributed by atoms with van der Waals surface area (Å²) in [7, 11) is 0. The number of halogens is 2. The van der Waals surface area contributed by atoms with Gasteiger partial charge in [-0.1, -0.05) is 12.1 Å². The van der Waals surface area contributed by atoms with Crippen LogP contribution in [0, 0.1) is 0 Å². The van der Waals surface area contributed by atoms with Crippen LogP contribution in [0.4, 0.5) is 0 Å². The molecule has 0 bridgehead atoms. The average molecular weight is 236 g/mol. The van der Waals surface area contributed by atoms with Crippen molar-refractivity contribution in [2.45, 2.75) is 0 Å². The second-order valence-corrected chi connectivity index (χ2v) is 2.60. The van der Waals surface area contributed by atoms with Gasteiger partial charge in [0.25, 0.3) is 5.91 Å². The third kappa shape index (κ3) is 2.53. The Hall–Kier alpha value is -0.930. The van der Waals surface area contributed by atoms with Crippen molar-refractivity contribution < 1.29 is 9.53 Å². The highest BCUT2D eigenvalue weighted by Crippen LogP contribution is 2.18. The molecule has 0 spiro atoms. The zero-order chi connectivity index (χ0) is 8.39. The maximum Gasteiger partial charge on any atom is 0.255 e. The summed E-state index contributed by atoms with van der Waals surface area (Å²) >= 11 is 0. The first-order valence-electron chi connectivity index (χ1n) is 3.88. The van der Waals surface area contributed by atoms with Gasteiger partial charge in [0, 0.05) is 0 Å². The van der Waals surface area contributed by atoms with E-state index in [0.29, 0.717) is 24.5 Å². The van der Waals surface area contributed by atoms with Gasteiger partial charge in [-0.15, -0.1) is 24.8 Å². The Morgan fingerprint density at radius 1 is 1.21 bits per heavy atom. The highest BCUT2D eigenvalue weighted by molar-refractivity contribution is 5.97. The fourth-order valence-electron chi connectivity index (χ4n) is 1.20. The van der Waals surface area contributed by atoms with Gasteiger partial charge in [0.15, 0.2) is 0 Å². The van der Waals surface area contributed by atoms with Crippen molar-refractivity contribution in [2.75, 3.05) is 13.2 Å². The van der Waals surface area contributed by atoms with Crippen molar-refractivity contribution >= 4 is 30.7 Å². The van der Waals surface area contributed by atoms with E-state index in [-0.39, 0.29) is 30.7 Å². The first-order valence-corrected chi connectivity index (χ1v) is 3.88. The minimum absolute atomic E-state index is 0. The molecule has 5 heteroatoms. The van der Waals surface area contributed by atoms with Gasteiger partial charge >= 0.3 is 0 Å². The summed E-state index contributed by atoms with van der Waals surface area (Å²) in [5.74, 6) is 0.621. The Labute approximate surface area is 94.7 Å². The molecule has 0 fully saturated rings. The van der Waals surface area contributed by atoms with Crippen molar-refractivity contribution in [2.24, 2.45) is 0 Å². The molecule has 2 rings (SSSR count). The van der Waals surface area contributed by atoms with E-state index in [0.717, 1.165) is 0 Å². The molecule has 0 saturated carbocycles. The molecule has 3 nitrogen and oxygen atoms in total. The Morgan fingerprint density at radius 3 is 2.71 bits per heavy atom. The molecular formula is C9H11Cl2NO2. The number of ether oxygens (including phenoxy) is 1. The Balaban J connectivity index is 0.000000845. The molecule has 1 aliphatic heterocycles. The van der Waals surface area contributed by atoms with Gasteiger partial charge < -0.3 is 10.1 Å². The van der Waals surface area contributed by atoms with E-state index in [1.807, 2.05) is 12.1 Å². The van der Waals surface area contributed by atoms with E-state index in [2.05, 4.69) is 5.32 Å². The van der Waals surface area contributed by atoms with Crippen LogP contribution in [0.2, 0.25) is 0 Å². The van der Waals surface area contributed by atoms with Crippen LogP contribution >= 0.6 is 24.8 Å². The number of carbonyl (C=O) groups excluding carboxylic acids is 1. The summed E-state index contributed by atoms with van der Waals surface area (Å²) in [5, 5.41) is 2.74. The Kier molecular flexibility index (Phi) is 5.35. The van der Waals surface area contributed by atoms with Crippen LogP contribution in [0.1, 0.15) is 10.4 Å². The molecule has 1 aromatic carbocycles. The van der Waals surface area contributed by atoms with E-state index < -0.39 is 0 Å². The molecule has 0 radical (unpaired) electrons. The summed E-state index contributed by atoms with van der Waals surface area (Å²) in [6, 6.07) is 7.25. The number of nitrogens with one attached hydrogen (secondary N) is 1. The fraction of sp³-hybridized carbons (Fsp3) is 0.222. The van der Waals surface area contributed by atoms with Gasteiger partial charge in [0.1, 0.15) is 12.4 Å². The molecule has 1 amide bonds. The predicted octanol–water partition coefficient (Wildman–Crippen LogP) is 1.65. The van der Waals surface area contributed by atoms with Crippen LogP contribution in [0.25, 0.3) is 0 Å². The van der Waals surface area contributed by atoms with Crippen molar-refractivity contribution in [1.29, 1.82) is 0 Å². The minimum Gasteiger partial charge on any atom is -0.491 e. The van der Waals surface area contributed by atoms with Gasteiger partial charge in [-0.05, 0) is 12.1 Å². The summed E-state index contributed by atoms with van der Waals surface area (Å²) < 4.78 is 5.34. The zero-order valence-electron chi connectivity index (χ0n) is 7.36. The Morgan fingerprint density at radius 2 is 1.93 bits per heavy atom. The zero-order valence-corrected chi connectivity index (χ0v) is 8.99. The first kappa shape index (κ1) is 13.1. The first-order chi connectivity index (χ1) is 5.88. The fourth-order valence-corrected chi connectivity index (χ4v) is 1.20. The maximum atomic E-state index is 11.3. The van der Waals surface area contributed by atoms with Crippen LogP contribution in [-0.4, -0.2) is 19.1 Å². The van der Waals surface area contributed by atoms with Crippen molar-refractivity contribution in [3.63, 3.8) is 0 Å². The lowest BCUT2D eigenvalue weighted by Gasteiger charge is -2.02. The van der Waals surface area contributed by atoms with Crippen LogP contribution in [0.15, 0.2) is 24.3 Å². The maximum absolute atomic E-state index is 11.3. The van der Waals surface area contributed by atoms with Crippen molar-refractivity contribution in [1.82, 2.24) is 5.32 Å². The normalized spacial score (nSPS) is 13.3. The largest absolute Gasteiger partial charge is 0.491 e. The van der Waals surface area contributed by atoms with Crippen molar-refractivity contribution in [3.8, 4) is 5.75 Å². The predicted molar refractivity (Wildman–Crippen MR) is 58.8 cm³/mol. The molecular weight excluding hydrogens is 225 g/mol. The topological polar surface area (TPSA) is 38.3 Å². The van der Waals surface area contributed by atoms with Crippen LogP contribution < -0.4 is 10.1 Å². The number of carbonyl (C=O) groups is 1. The highest BCUT2D eigenvalue weighted by Gasteiger charge is 2.14. The standard InChI is InChI=1S/C9H9NO2.2ClH/c11-9-7-3-1-2-4-8(7)12-6-5-10-9;;/h1-4H,5-6H2,(H,10,11);2*1H. The van der Waals surface area contributed by atoms with E-state index >= 15 is 0 Å². The lowest BCUT2D eigenvalue weighted by Crippen LogP contribution is -2.24. The summed E-state index contributed by atoms with van der Waals surface area (Å²) in [4.78, 5) is 11.3. The molecule has 0 aromatic heterocycles. The third-order valence-corrected chi connectivity index (χ3v) is 1.78. The quantitative estimate of drug-likeness (QED) is 0.743. The van der Waals surface area contributed by atoms with Gasteiger partial charge in [-0.2, -0.15) is 0 Å². The second-order valence-electron chi connectivity index (χ2n) is 2.60. The molecule has 1 aromatic rings. The summed E-state index contributed by atoms with van der Waals surface area (Å²) in [5.41, 5.74) is 0.620. The number of rotatable bonds is 0. The van der Waals surface area contributed by atoms with E-state index in [9.17, 15) is 4.79 Å². The molecule has 0 atom stereocenters. The van der Waals surface area contributed by atoms with Gasteiger partial charge in [0.2, 0.25) is 0 Å². The molecule has 0 unspecified atom stereocenters. The number of para-hydroxylation sites is 1. The number of hydrogen-bond acceptors (Lipinski definition) is 2. The van der Waals surface area contributed by atoms with E-state index in [1.54, 1.807) is 12.1 Å². The minimum atomic E-state index is -0.0527. The average Bonchev–Trinajstić information content (AvgIpc) is 2.29. The SMILES string of the molecule is Cl.Cl.O=C1NCCOc2ccccc21.